The Morgan fingerprint density at radius 3 is 2.83 bits per heavy atom. The van der Waals surface area contributed by atoms with Crippen molar-refractivity contribution in [2.75, 3.05) is 13.1 Å². The van der Waals surface area contributed by atoms with Crippen molar-refractivity contribution in [1.82, 2.24) is 14.9 Å². The predicted molar refractivity (Wildman–Crippen MR) is 139 cm³/mol. The number of ether oxygens (including phenoxy) is 2. The molecule has 2 aromatic carbocycles. The molecule has 0 aliphatic carbocycles. The predicted octanol–water partition coefficient (Wildman–Crippen LogP) is 4.98. The van der Waals surface area contributed by atoms with Gasteiger partial charge in [-0.3, -0.25) is 9.36 Å². The van der Waals surface area contributed by atoms with Crippen molar-refractivity contribution in [2.45, 2.75) is 32.0 Å². The minimum atomic E-state index is -0.593. The van der Waals surface area contributed by atoms with Gasteiger partial charge in [-0.05, 0) is 57.1 Å². The Balaban J connectivity index is 1.43. The minimum absolute atomic E-state index is 0.114. The molecule has 0 bridgehead atoms. The number of thiophene rings is 1. The van der Waals surface area contributed by atoms with E-state index in [-0.39, 0.29) is 11.0 Å². The second kappa shape index (κ2) is 10.2. The molecule has 3 heterocycles. The Kier molecular flexibility index (Phi) is 6.83. The highest BCUT2D eigenvalue weighted by molar-refractivity contribution is 7.16. The Hall–Kier alpha value is -3.58. The van der Waals surface area contributed by atoms with Gasteiger partial charge in [-0.15, -0.1) is 11.3 Å². The summed E-state index contributed by atoms with van der Waals surface area (Å²) in [5, 5.41) is 13.8. The van der Waals surface area contributed by atoms with Crippen LogP contribution in [-0.4, -0.2) is 34.7 Å². The van der Waals surface area contributed by atoms with Crippen molar-refractivity contribution in [3.63, 3.8) is 0 Å². The first-order chi connectivity index (χ1) is 17.4. The lowest BCUT2D eigenvalue weighted by molar-refractivity contribution is 0.0998. The summed E-state index contributed by atoms with van der Waals surface area (Å²) in [6.07, 6.45) is 3.13. The number of nitrogens with one attached hydrogen (secondary N) is 1. The van der Waals surface area contributed by atoms with Crippen LogP contribution in [0.5, 0.6) is 11.5 Å². The zero-order valence-electron chi connectivity index (χ0n) is 19.5. The quantitative estimate of drug-likeness (QED) is 0.354. The molecule has 1 saturated heterocycles. The number of halogens is 1. The van der Waals surface area contributed by atoms with E-state index in [1.807, 2.05) is 29.7 Å². The van der Waals surface area contributed by atoms with Crippen LogP contribution in [0, 0.1) is 11.3 Å². The van der Waals surface area contributed by atoms with Crippen molar-refractivity contribution in [3.05, 3.63) is 69.8 Å². The first-order valence-electron chi connectivity index (χ1n) is 11.6. The normalized spacial score (nSPS) is 14.9. The summed E-state index contributed by atoms with van der Waals surface area (Å²) < 4.78 is 14.2. The molecule has 1 aliphatic rings. The van der Waals surface area contributed by atoms with Crippen molar-refractivity contribution in [1.29, 1.82) is 5.26 Å². The fraction of sp³-hybridized carbons (Fsp3) is 0.269. The van der Waals surface area contributed by atoms with Crippen LogP contribution in [0.25, 0.3) is 16.0 Å². The van der Waals surface area contributed by atoms with Gasteiger partial charge in [0.25, 0.3) is 5.91 Å². The number of nitriles is 1. The van der Waals surface area contributed by atoms with Gasteiger partial charge in [0.1, 0.15) is 39.9 Å². The van der Waals surface area contributed by atoms with Crippen LogP contribution in [0.3, 0.4) is 0 Å². The third-order valence-electron chi connectivity index (χ3n) is 6.14. The third kappa shape index (κ3) is 4.75. The molecule has 3 N–H and O–H groups in total. The highest BCUT2D eigenvalue weighted by Crippen LogP contribution is 2.39. The van der Waals surface area contributed by atoms with Gasteiger partial charge in [0.15, 0.2) is 0 Å². The van der Waals surface area contributed by atoms with Gasteiger partial charge in [-0.25, -0.2) is 4.98 Å². The first kappa shape index (κ1) is 24.1. The van der Waals surface area contributed by atoms with E-state index in [1.54, 1.807) is 30.6 Å². The molecule has 5 rings (SSSR count). The van der Waals surface area contributed by atoms with Gasteiger partial charge in [0.05, 0.1) is 27.7 Å². The van der Waals surface area contributed by atoms with Crippen molar-refractivity contribution < 1.29 is 14.3 Å². The van der Waals surface area contributed by atoms with E-state index in [2.05, 4.69) is 16.4 Å². The number of piperidine rings is 1. The second-order valence-corrected chi connectivity index (χ2v) is 9.97. The topological polar surface area (TPSA) is 115 Å². The molecule has 0 radical (unpaired) electrons. The van der Waals surface area contributed by atoms with Gasteiger partial charge in [-0.2, -0.15) is 5.26 Å². The van der Waals surface area contributed by atoms with Crippen LogP contribution in [0.1, 0.15) is 46.7 Å². The highest BCUT2D eigenvalue weighted by atomic mass is 35.5. The summed E-state index contributed by atoms with van der Waals surface area (Å²) in [7, 11) is 0. The van der Waals surface area contributed by atoms with Crippen LogP contribution in [0.4, 0.5) is 0 Å². The first-order valence-corrected chi connectivity index (χ1v) is 12.8. The summed E-state index contributed by atoms with van der Waals surface area (Å²) in [6, 6.07) is 14.8. The zero-order valence-corrected chi connectivity index (χ0v) is 21.1. The summed E-state index contributed by atoms with van der Waals surface area (Å²) in [6.45, 7) is 3.70. The van der Waals surface area contributed by atoms with Crippen molar-refractivity contribution in [3.8, 4) is 22.6 Å². The summed E-state index contributed by atoms with van der Waals surface area (Å²) in [4.78, 5) is 16.9. The molecule has 0 saturated carbocycles. The fourth-order valence-corrected chi connectivity index (χ4v) is 5.52. The molecular weight excluding hydrogens is 498 g/mol. The molecule has 4 aromatic rings. The number of primary amides is 1. The molecule has 10 heteroatoms. The maximum atomic E-state index is 12.3. The van der Waals surface area contributed by atoms with E-state index in [4.69, 9.17) is 26.8 Å². The number of carbonyl (C=O) groups is 1. The number of hydrogen-bond acceptors (Lipinski definition) is 7. The van der Waals surface area contributed by atoms with E-state index >= 15 is 0 Å². The molecular formula is C26H24ClN5O3S. The molecule has 1 amide bonds. The van der Waals surface area contributed by atoms with Crippen LogP contribution in [-0.2, 0) is 0 Å². The SMILES string of the molecule is C[C@@H](Oc1cc(-n2cnc3ccc(C#N)cc32)sc1C(N)=O)c1cccc(OC2CCNCC2)c1Cl. The Morgan fingerprint density at radius 1 is 1.28 bits per heavy atom. The molecule has 184 valence electrons. The van der Waals surface area contributed by atoms with Crippen LogP contribution >= 0.6 is 22.9 Å². The van der Waals surface area contributed by atoms with Crippen LogP contribution in [0.2, 0.25) is 5.02 Å². The van der Waals surface area contributed by atoms with E-state index in [1.165, 1.54) is 11.3 Å². The van der Waals surface area contributed by atoms with Gasteiger partial charge >= 0.3 is 0 Å². The number of carbonyl (C=O) groups excluding carboxylic acids is 1. The Bertz CT molecular complexity index is 1470. The van der Waals surface area contributed by atoms with Gasteiger partial charge in [0.2, 0.25) is 0 Å². The van der Waals surface area contributed by atoms with Crippen LogP contribution < -0.4 is 20.5 Å². The molecule has 1 aliphatic heterocycles. The minimum Gasteiger partial charge on any atom is -0.489 e. The maximum Gasteiger partial charge on any atom is 0.262 e. The van der Waals surface area contributed by atoms with Crippen molar-refractivity contribution in [2.24, 2.45) is 5.73 Å². The number of rotatable bonds is 7. The fourth-order valence-electron chi connectivity index (χ4n) is 4.27. The van der Waals surface area contributed by atoms with Gasteiger partial charge in [0, 0.05) is 11.6 Å². The lowest BCUT2D eigenvalue weighted by atomic mass is 10.1. The Morgan fingerprint density at radius 2 is 2.08 bits per heavy atom. The summed E-state index contributed by atoms with van der Waals surface area (Å²) >= 11 is 7.92. The van der Waals surface area contributed by atoms with E-state index in [9.17, 15) is 10.1 Å². The standard InChI is InChI=1S/C26H24ClN5O3S/c1-15(18-3-2-4-21(24(18)27)35-17-7-9-30-10-8-17)34-22-12-23(36-25(22)26(29)33)32-14-31-19-6-5-16(13-28)11-20(19)32/h2-6,11-12,14-15,17,30H,7-10H2,1H3,(H2,29,33)/t15-/m1/s1. The van der Waals surface area contributed by atoms with E-state index in [0.29, 0.717) is 27.1 Å². The average Bonchev–Trinajstić information content (AvgIpc) is 3.49. The van der Waals surface area contributed by atoms with Crippen molar-refractivity contribution >= 4 is 39.9 Å². The molecule has 8 nitrogen and oxygen atoms in total. The molecule has 36 heavy (non-hydrogen) atoms. The lowest BCUT2D eigenvalue weighted by Gasteiger charge is -2.25. The molecule has 0 spiro atoms. The number of aromatic nitrogens is 2. The molecule has 0 unspecified atom stereocenters. The third-order valence-corrected chi connectivity index (χ3v) is 7.67. The molecule has 1 fully saturated rings. The number of nitrogens with two attached hydrogens (primary N) is 1. The Labute approximate surface area is 217 Å². The number of imidazole rings is 1. The average molecular weight is 522 g/mol. The van der Waals surface area contributed by atoms with E-state index in [0.717, 1.165) is 42.5 Å². The molecule has 2 aromatic heterocycles. The molecule has 1 atom stereocenters. The summed E-state index contributed by atoms with van der Waals surface area (Å²) in [5.41, 5.74) is 8.43. The zero-order chi connectivity index (χ0) is 25.2. The second-order valence-electron chi connectivity index (χ2n) is 8.56. The van der Waals surface area contributed by atoms with Crippen LogP contribution in [0.15, 0.2) is 48.8 Å². The number of benzene rings is 2. The maximum absolute atomic E-state index is 12.3. The monoisotopic (exact) mass is 521 g/mol. The largest absolute Gasteiger partial charge is 0.489 e. The van der Waals surface area contributed by atoms with Gasteiger partial charge in [-0.1, -0.05) is 23.7 Å². The number of hydrogen-bond donors (Lipinski definition) is 2. The highest BCUT2D eigenvalue weighted by Gasteiger charge is 2.23. The van der Waals surface area contributed by atoms with Gasteiger partial charge < -0.3 is 20.5 Å². The lowest BCUT2D eigenvalue weighted by Crippen LogP contribution is -2.34. The number of fused-ring (bicyclic) bond motifs is 1. The van der Waals surface area contributed by atoms with E-state index < -0.39 is 12.0 Å². The smallest absolute Gasteiger partial charge is 0.262 e. The number of nitrogens with zero attached hydrogens (tertiary/aromatic N) is 3. The summed E-state index contributed by atoms with van der Waals surface area (Å²) in [5.74, 6) is 0.384. The number of amides is 1.